The number of rotatable bonds is 10. The predicted octanol–water partition coefficient (Wildman–Crippen LogP) is 1.07. The molecule has 1 fully saturated rings. The summed E-state index contributed by atoms with van der Waals surface area (Å²) in [6, 6.07) is 4.60. The van der Waals surface area contributed by atoms with Crippen molar-refractivity contribution >= 4 is 21.1 Å². The van der Waals surface area contributed by atoms with Crippen LogP contribution in [0.1, 0.15) is 31.5 Å². The molecule has 0 spiro atoms. The summed E-state index contributed by atoms with van der Waals surface area (Å²) < 4.78 is 35.9. The number of aliphatic hydroxyl groups excluding tert-OH is 2. The highest BCUT2D eigenvalue weighted by Crippen LogP contribution is 2.33. The molecule has 1 aliphatic rings. The minimum atomic E-state index is -3.81. The molecule has 0 radical (unpaired) electrons. The highest BCUT2D eigenvalue weighted by Gasteiger charge is 2.30. The SMILES string of the molecule is CCCc1c(CO)n(C)c2c(=O)[nH]c(-c3cc(S(=O)(=O)N4CCN(CCO)CC4)ccc3OCC)nc12. The Balaban J connectivity index is 1.82. The zero-order chi connectivity index (χ0) is 26.7. The number of nitrogens with zero attached hydrogens (tertiary/aromatic N) is 4. The van der Waals surface area contributed by atoms with Crippen molar-refractivity contribution in [3.63, 3.8) is 0 Å². The maximum atomic E-state index is 13.5. The first-order valence-electron chi connectivity index (χ1n) is 12.6. The normalized spacial score (nSPS) is 15.5. The molecule has 0 atom stereocenters. The van der Waals surface area contributed by atoms with Crippen molar-refractivity contribution in [3.05, 3.63) is 39.8 Å². The standard InChI is InChI=1S/C25H35N5O6S/c1-4-6-18-20(16-32)28(3)23-22(18)26-24(27-25(23)33)19-15-17(7-8-21(19)36-5-2)37(34,35)30-11-9-29(10-12-30)13-14-31/h7-8,15,31-32H,4-6,9-14,16H2,1-3H3,(H,26,27,33). The Bertz CT molecular complexity index is 1420. The summed E-state index contributed by atoms with van der Waals surface area (Å²) in [6.45, 7) is 6.22. The van der Waals surface area contributed by atoms with Crippen molar-refractivity contribution in [2.45, 2.75) is 38.2 Å². The number of nitrogens with one attached hydrogen (secondary N) is 1. The van der Waals surface area contributed by atoms with Crippen LogP contribution in [-0.2, 0) is 30.1 Å². The molecule has 37 heavy (non-hydrogen) atoms. The predicted molar refractivity (Wildman–Crippen MR) is 140 cm³/mol. The molecule has 1 aliphatic heterocycles. The van der Waals surface area contributed by atoms with Crippen LogP contribution >= 0.6 is 0 Å². The van der Waals surface area contributed by atoms with Gasteiger partial charge in [0.25, 0.3) is 5.56 Å². The lowest BCUT2D eigenvalue weighted by Crippen LogP contribution is -2.49. The molecule has 0 unspecified atom stereocenters. The van der Waals surface area contributed by atoms with Gasteiger partial charge in [-0.05, 0) is 31.5 Å². The first-order chi connectivity index (χ1) is 17.8. The molecular weight excluding hydrogens is 498 g/mol. The highest BCUT2D eigenvalue weighted by atomic mass is 32.2. The number of H-pyrrole nitrogens is 1. The quantitative estimate of drug-likeness (QED) is 0.352. The van der Waals surface area contributed by atoms with Crippen LogP contribution in [0.25, 0.3) is 22.4 Å². The molecule has 3 heterocycles. The van der Waals surface area contributed by atoms with Gasteiger partial charge in [-0.15, -0.1) is 0 Å². The van der Waals surface area contributed by atoms with Crippen LogP contribution in [0.3, 0.4) is 0 Å². The van der Waals surface area contributed by atoms with Gasteiger partial charge in [-0.3, -0.25) is 9.69 Å². The number of aryl methyl sites for hydroxylation is 2. The Morgan fingerprint density at radius 2 is 1.86 bits per heavy atom. The monoisotopic (exact) mass is 533 g/mol. The zero-order valence-electron chi connectivity index (χ0n) is 21.5. The number of hydrogen-bond donors (Lipinski definition) is 3. The molecule has 3 N–H and O–H groups in total. The summed E-state index contributed by atoms with van der Waals surface area (Å²) in [4.78, 5) is 22.8. The first-order valence-corrected chi connectivity index (χ1v) is 14.0. The van der Waals surface area contributed by atoms with Gasteiger partial charge in [-0.1, -0.05) is 13.3 Å². The number of sulfonamides is 1. The van der Waals surface area contributed by atoms with Crippen LogP contribution < -0.4 is 10.3 Å². The van der Waals surface area contributed by atoms with E-state index in [0.29, 0.717) is 73.8 Å². The van der Waals surface area contributed by atoms with E-state index in [-0.39, 0.29) is 29.5 Å². The van der Waals surface area contributed by atoms with Crippen molar-refractivity contribution < 1.29 is 23.4 Å². The Morgan fingerprint density at radius 3 is 2.49 bits per heavy atom. The van der Waals surface area contributed by atoms with E-state index in [2.05, 4.69) is 4.98 Å². The molecule has 0 saturated carbocycles. The van der Waals surface area contributed by atoms with Gasteiger partial charge in [0.05, 0.1) is 35.8 Å². The van der Waals surface area contributed by atoms with Crippen LogP contribution in [0.15, 0.2) is 27.9 Å². The number of benzene rings is 1. The lowest BCUT2D eigenvalue weighted by molar-refractivity contribution is 0.151. The van der Waals surface area contributed by atoms with Gasteiger partial charge >= 0.3 is 0 Å². The van der Waals surface area contributed by atoms with Crippen LogP contribution in [0, 0.1) is 0 Å². The highest BCUT2D eigenvalue weighted by molar-refractivity contribution is 7.89. The molecule has 0 amide bonds. The molecule has 1 saturated heterocycles. The van der Waals surface area contributed by atoms with Gasteiger partial charge in [-0.25, -0.2) is 13.4 Å². The summed E-state index contributed by atoms with van der Waals surface area (Å²) >= 11 is 0. The fourth-order valence-electron chi connectivity index (χ4n) is 4.92. The molecule has 202 valence electrons. The van der Waals surface area contributed by atoms with Gasteiger partial charge in [0.1, 0.15) is 17.1 Å². The van der Waals surface area contributed by atoms with Crippen molar-refractivity contribution in [1.82, 2.24) is 23.7 Å². The molecule has 11 nitrogen and oxygen atoms in total. The largest absolute Gasteiger partial charge is 0.493 e. The van der Waals surface area contributed by atoms with Crippen LogP contribution in [-0.4, -0.2) is 88.3 Å². The summed E-state index contributed by atoms with van der Waals surface area (Å²) in [5.74, 6) is 0.616. The number of β-amino-alcohol motifs (C(OH)–C–C–N with tert-alkyl or cyclic N) is 1. The van der Waals surface area contributed by atoms with Gasteiger partial charge in [-0.2, -0.15) is 4.31 Å². The van der Waals surface area contributed by atoms with E-state index >= 15 is 0 Å². The molecule has 0 aliphatic carbocycles. The molecule has 1 aromatic carbocycles. The molecule has 12 heteroatoms. The Labute approximate surface area is 216 Å². The van der Waals surface area contributed by atoms with Crippen molar-refractivity contribution in [2.75, 3.05) is 45.9 Å². The molecule has 2 aromatic heterocycles. The van der Waals surface area contributed by atoms with Gasteiger partial charge in [0.15, 0.2) is 0 Å². The van der Waals surface area contributed by atoms with Crippen LogP contribution in [0.5, 0.6) is 5.75 Å². The summed E-state index contributed by atoms with van der Waals surface area (Å²) in [7, 11) is -2.08. The summed E-state index contributed by atoms with van der Waals surface area (Å²) in [5.41, 5.74) is 2.28. The Kier molecular flexibility index (Phi) is 8.34. The molecule has 4 rings (SSSR count). The van der Waals surface area contributed by atoms with Crippen LogP contribution in [0.2, 0.25) is 0 Å². The second-order valence-corrected chi connectivity index (χ2v) is 11.0. The fourth-order valence-corrected chi connectivity index (χ4v) is 6.37. The smallest absolute Gasteiger partial charge is 0.275 e. The van der Waals surface area contributed by atoms with Gasteiger partial charge in [0, 0.05) is 51.0 Å². The van der Waals surface area contributed by atoms with Gasteiger partial charge in [0.2, 0.25) is 10.0 Å². The van der Waals surface area contributed by atoms with Crippen molar-refractivity contribution in [3.8, 4) is 17.1 Å². The topological polar surface area (TPSA) is 141 Å². The Morgan fingerprint density at radius 1 is 1.14 bits per heavy atom. The van der Waals surface area contributed by atoms with Gasteiger partial charge < -0.3 is 24.5 Å². The lowest BCUT2D eigenvalue weighted by atomic mass is 10.1. The third-order valence-corrected chi connectivity index (χ3v) is 8.71. The first kappa shape index (κ1) is 27.3. The maximum absolute atomic E-state index is 13.5. The van der Waals surface area contributed by atoms with Crippen molar-refractivity contribution in [2.24, 2.45) is 7.05 Å². The number of hydrogen-bond acceptors (Lipinski definition) is 8. The van der Waals surface area contributed by atoms with E-state index in [1.807, 2.05) is 18.7 Å². The number of aromatic amines is 1. The number of piperazine rings is 1. The summed E-state index contributed by atoms with van der Waals surface area (Å²) in [6.07, 6.45) is 1.44. The average Bonchev–Trinajstić information content (AvgIpc) is 3.16. The van der Waals surface area contributed by atoms with E-state index in [0.717, 1.165) is 12.0 Å². The van der Waals surface area contributed by atoms with E-state index in [4.69, 9.17) is 14.8 Å². The zero-order valence-corrected chi connectivity index (χ0v) is 22.3. The minimum Gasteiger partial charge on any atom is -0.493 e. The molecule has 0 bridgehead atoms. The maximum Gasteiger partial charge on any atom is 0.275 e. The third-order valence-electron chi connectivity index (χ3n) is 6.81. The van der Waals surface area contributed by atoms with E-state index in [9.17, 15) is 18.3 Å². The molecule has 3 aromatic rings. The number of aromatic nitrogens is 3. The van der Waals surface area contributed by atoms with E-state index in [1.165, 1.54) is 16.4 Å². The second-order valence-electron chi connectivity index (χ2n) is 9.06. The van der Waals surface area contributed by atoms with Crippen LogP contribution in [0.4, 0.5) is 0 Å². The van der Waals surface area contributed by atoms with E-state index < -0.39 is 10.0 Å². The third kappa shape index (κ3) is 5.16. The molecular formula is C25H35N5O6S. The van der Waals surface area contributed by atoms with E-state index in [1.54, 1.807) is 17.7 Å². The second kappa shape index (κ2) is 11.3. The summed E-state index contributed by atoms with van der Waals surface area (Å²) in [5, 5.41) is 19.1. The number of aliphatic hydroxyl groups is 2. The lowest BCUT2D eigenvalue weighted by Gasteiger charge is -2.33. The average molecular weight is 534 g/mol. The Hall–Kier alpha value is -2.77. The minimum absolute atomic E-state index is 0.0335. The fraction of sp³-hybridized carbons (Fsp3) is 0.520. The number of fused-ring (bicyclic) bond motifs is 1. The number of ether oxygens (including phenoxy) is 1. The van der Waals surface area contributed by atoms with Crippen molar-refractivity contribution in [1.29, 1.82) is 0 Å².